The zero-order valence-electron chi connectivity index (χ0n) is 11.6. The van der Waals surface area contributed by atoms with Crippen molar-refractivity contribution in [2.45, 2.75) is 24.2 Å². The van der Waals surface area contributed by atoms with Crippen LogP contribution in [0.15, 0.2) is 29.2 Å². The summed E-state index contributed by atoms with van der Waals surface area (Å²) >= 11 is 1.20. The molecule has 4 nitrogen and oxygen atoms in total. The Bertz CT molecular complexity index is 523. The van der Waals surface area contributed by atoms with Crippen molar-refractivity contribution in [2.75, 3.05) is 18.8 Å². The molecule has 1 aromatic carbocycles. The lowest BCUT2D eigenvalue weighted by Crippen LogP contribution is -2.30. The van der Waals surface area contributed by atoms with E-state index in [0.717, 1.165) is 6.42 Å². The van der Waals surface area contributed by atoms with E-state index < -0.39 is 5.97 Å². The molecule has 0 saturated carbocycles. The molecule has 0 aromatic heterocycles. The minimum atomic E-state index is -0.796. The second kappa shape index (κ2) is 7.45. The molecule has 2 rings (SSSR count). The number of thioether (sulfide) groups is 1. The van der Waals surface area contributed by atoms with Crippen LogP contribution in [0.5, 0.6) is 0 Å². The minimum absolute atomic E-state index is 0.0129. The van der Waals surface area contributed by atoms with Gasteiger partial charge in [0.15, 0.2) is 0 Å². The average Bonchev–Trinajstić information content (AvgIpc) is 2.93. The SMILES string of the molecule is O=C(O)CCC1CCN(C(=O)CSc2ccccc2F)C1. The van der Waals surface area contributed by atoms with Crippen molar-refractivity contribution in [3.05, 3.63) is 30.1 Å². The van der Waals surface area contributed by atoms with Crippen molar-refractivity contribution >= 4 is 23.6 Å². The van der Waals surface area contributed by atoms with E-state index in [9.17, 15) is 14.0 Å². The smallest absolute Gasteiger partial charge is 0.303 e. The normalized spacial score (nSPS) is 18.0. The number of carboxylic acids is 1. The Balaban J connectivity index is 1.77. The van der Waals surface area contributed by atoms with Crippen molar-refractivity contribution in [3.8, 4) is 0 Å². The van der Waals surface area contributed by atoms with E-state index in [4.69, 9.17) is 5.11 Å². The molecule has 0 radical (unpaired) electrons. The second-order valence-corrected chi connectivity index (χ2v) is 6.16. The molecule has 1 heterocycles. The summed E-state index contributed by atoms with van der Waals surface area (Å²) in [4.78, 5) is 24.9. The summed E-state index contributed by atoms with van der Waals surface area (Å²) in [5, 5.41) is 8.67. The number of likely N-dealkylation sites (tertiary alicyclic amines) is 1. The van der Waals surface area contributed by atoms with Gasteiger partial charge in [-0.15, -0.1) is 11.8 Å². The topological polar surface area (TPSA) is 57.6 Å². The average molecular weight is 311 g/mol. The fraction of sp³-hybridized carbons (Fsp3) is 0.467. The Labute approximate surface area is 127 Å². The molecule has 1 unspecified atom stereocenters. The first-order valence-electron chi connectivity index (χ1n) is 6.93. The van der Waals surface area contributed by atoms with Gasteiger partial charge in [0, 0.05) is 24.4 Å². The molecule has 0 bridgehead atoms. The van der Waals surface area contributed by atoms with Gasteiger partial charge in [0.25, 0.3) is 0 Å². The molecule has 0 aliphatic carbocycles. The number of rotatable bonds is 6. The molecule has 114 valence electrons. The lowest BCUT2D eigenvalue weighted by Gasteiger charge is -2.16. The summed E-state index contributed by atoms with van der Waals surface area (Å²) in [5.74, 6) is -0.636. The van der Waals surface area contributed by atoms with E-state index >= 15 is 0 Å². The highest BCUT2D eigenvalue weighted by atomic mass is 32.2. The third-order valence-corrected chi connectivity index (χ3v) is 4.63. The van der Waals surface area contributed by atoms with Gasteiger partial charge >= 0.3 is 5.97 Å². The summed E-state index contributed by atoms with van der Waals surface area (Å²) in [5.41, 5.74) is 0. The molecule has 1 saturated heterocycles. The third kappa shape index (κ3) is 4.74. The molecule has 21 heavy (non-hydrogen) atoms. The van der Waals surface area contributed by atoms with E-state index in [1.54, 1.807) is 23.1 Å². The standard InChI is InChI=1S/C15H18FNO3S/c16-12-3-1-2-4-13(12)21-10-14(18)17-8-7-11(9-17)5-6-15(19)20/h1-4,11H,5-10H2,(H,19,20). The van der Waals surface area contributed by atoms with E-state index in [1.165, 1.54) is 17.8 Å². The number of carbonyl (C=O) groups is 2. The van der Waals surface area contributed by atoms with Crippen LogP contribution in [-0.4, -0.2) is 40.7 Å². The molecule has 1 aliphatic heterocycles. The fourth-order valence-electron chi connectivity index (χ4n) is 2.41. The highest BCUT2D eigenvalue weighted by molar-refractivity contribution is 8.00. The van der Waals surface area contributed by atoms with Gasteiger partial charge in [0.05, 0.1) is 5.75 Å². The van der Waals surface area contributed by atoms with Gasteiger partial charge < -0.3 is 10.0 Å². The number of halogens is 1. The molecular formula is C15H18FNO3S. The van der Waals surface area contributed by atoms with Crippen LogP contribution in [0.4, 0.5) is 4.39 Å². The number of hydrogen-bond donors (Lipinski definition) is 1. The predicted molar refractivity (Wildman–Crippen MR) is 78.7 cm³/mol. The second-order valence-electron chi connectivity index (χ2n) is 5.15. The summed E-state index contributed by atoms with van der Waals surface area (Å²) < 4.78 is 13.5. The Morgan fingerprint density at radius 1 is 1.38 bits per heavy atom. The number of amides is 1. The van der Waals surface area contributed by atoms with Gasteiger partial charge in [-0.05, 0) is 30.9 Å². The Morgan fingerprint density at radius 2 is 2.14 bits per heavy atom. The largest absolute Gasteiger partial charge is 0.481 e. The summed E-state index contributed by atoms with van der Waals surface area (Å²) in [6.07, 6.45) is 1.61. The number of aliphatic carboxylic acids is 1. The van der Waals surface area contributed by atoms with Crippen molar-refractivity contribution < 1.29 is 19.1 Å². The zero-order chi connectivity index (χ0) is 15.2. The van der Waals surface area contributed by atoms with Gasteiger partial charge in [0.1, 0.15) is 5.82 Å². The number of carbonyl (C=O) groups excluding carboxylic acids is 1. The number of nitrogens with zero attached hydrogens (tertiary/aromatic N) is 1. The number of hydrogen-bond acceptors (Lipinski definition) is 3. The minimum Gasteiger partial charge on any atom is -0.481 e. The van der Waals surface area contributed by atoms with E-state index in [2.05, 4.69) is 0 Å². The van der Waals surface area contributed by atoms with Gasteiger partial charge in [-0.3, -0.25) is 9.59 Å². The van der Waals surface area contributed by atoms with Gasteiger partial charge in [-0.2, -0.15) is 0 Å². The molecule has 1 aliphatic rings. The third-order valence-electron chi connectivity index (χ3n) is 3.59. The summed E-state index contributed by atoms with van der Waals surface area (Å²) in [6, 6.07) is 6.40. The Hall–Kier alpha value is -1.56. The van der Waals surface area contributed by atoms with Crippen molar-refractivity contribution in [3.63, 3.8) is 0 Å². The monoisotopic (exact) mass is 311 g/mol. The van der Waals surface area contributed by atoms with Crippen LogP contribution in [0.2, 0.25) is 0 Å². The lowest BCUT2D eigenvalue weighted by molar-refractivity contribution is -0.137. The lowest BCUT2D eigenvalue weighted by atomic mass is 10.0. The molecule has 1 aromatic rings. The highest BCUT2D eigenvalue weighted by Gasteiger charge is 2.26. The number of benzene rings is 1. The maximum Gasteiger partial charge on any atom is 0.303 e. The highest BCUT2D eigenvalue weighted by Crippen LogP contribution is 2.25. The van der Waals surface area contributed by atoms with Crippen LogP contribution in [0.3, 0.4) is 0 Å². The van der Waals surface area contributed by atoms with Gasteiger partial charge in [-0.1, -0.05) is 12.1 Å². The van der Waals surface area contributed by atoms with E-state index in [-0.39, 0.29) is 29.8 Å². The summed E-state index contributed by atoms with van der Waals surface area (Å²) in [7, 11) is 0. The van der Waals surface area contributed by atoms with E-state index in [1.807, 2.05) is 0 Å². The van der Waals surface area contributed by atoms with Crippen LogP contribution in [0, 0.1) is 11.7 Å². The van der Waals surface area contributed by atoms with Crippen molar-refractivity contribution in [1.82, 2.24) is 4.90 Å². The predicted octanol–water partition coefficient (Wildman–Crippen LogP) is 2.63. The molecule has 6 heteroatoms. The first-order chi connectivity index (χ1) is 10.1. The van der Waals surface area contributed by atoms with E-state index in [0.29, 0.717) is 24.4 Å². The van der Waals surface area contributed by atoms with Crippen molar-refractivity contribution in [1.29, 1.82) is 0 Å². The van der Waals surface area contributed by atoms with Crippen LogP contribution in [-0.2, 0) is 9.59 Å². The van der Waals surface area contributed by atoms with Gasteiger partial charge in [0.2, 0.25) is 5.91 Å². The molecule has 1 N–H and O–H groups in total. The quantitative estimate of drug-likeness (QED) is 0.821. The number of carboxylic acid groups (broad SMARTS) is 1. The molecule has 1 fully saturated rings. The van der Waals surface area contributed by atoms with Crippen LogP contribution < -0.4 is 0 Å². The Kier molecular flexibility index (Phi) is 5.61. The molecule has 0 spiro atoms. The maximum absolute atomic E-state index is 13.5. The van der Waals surface area contributed by atoms with Crippen LogP contribution in [0.1, 0.15) is 19.3 Å². The zero-order valence-corrected chi connectivity index (χ0v) is 12.4. The maximum atomic E-state index is 13.5. The molecule has 1 amide bonds. The molecule has 1 atom stereocenters. The van der Waals surface area contributed by atoms with Crippen molar-refractivity contribution in [2.24, 2.45) is 5.92 Å². The van der Waals surface area contributed by atoms with Crippen LogP contribution >= 0.6 is 11.8 Å². The van der Waals surface area contributed by atoms with Gasteiger partial charge in [-0.25, -0.2) is 4.39 Å². The summed E-state index contributed by atoms with van der Waals surface area (Å²) in [6.45, 7) is 1.28. The first kappa shape index (κ1) is 15.8. The Morgan fingerprint density at radius 3 is 2.86 bits per heavy atom. The van der Waals surface area contributed by atoms with Crippen LogP contribution in [0.25, 0.3) is 0 Å². The molecular weight excluding hydrogens is 293 g/mol. The fourth-order valence-corrected chi connectivity index (χ4v) is 3.26. The first-order valence-corrected chi connectivity index (χ1v) is 7.91.